The Labute approximate surface area is 158 Å². The molecule has 3 heterocycles. The molecule has 1 aliphatic heterocycles. The molecule has 3 aromatic rings. The van der Waals surface area contributed by atoms with E-state index in [9.17, 15) is 5.11 Å². The highest BCUT2D eigenvalue weighted by Crippen LogP contribution is 2.28. The average Bonchev–Trinajstić information content (AvgIpc) is 3.14. The van der Waals surface area contributed by atoms with Gasteiger partial charge in [0.15, 0.2) is 0 Å². The minimum Gasteiger partial charge on any atom is -0.385 e. The zero-order valence-electron chi connectivity index (χ0n) is 15.4. The number of aryl methyl sites for hydroxylation is 1. The van der Waals surface area contributed by atoms with Gasteiger partial charge in [0.2, 0.25) is 0 Å². The van der Waals surface area contributed by atoms with Gasteiger partial charge in [0.05, 0.1) is 11.4 Å². The maximum atomic E-state index is 10.4. The van der Waals surface area contributed by atoms with Crippen molar-refractivity contribution in [3.05, 3.63) is 52.7 Å². The molecule has 0 spiro atoms. The highest BCUT2D eigenvalue weighted by molar-refractivity contribution is 7.17. The average molecular weight is 371 g/mol. The SMILES string of the molecule is CN(C)CC(O)c1cc2n(n1)CCCN(Cc1csc3ccccc13)C2. The molecular weight excluding hydrogens is 344 g/mol. The molecule has 1 unspecified atom stereocenters. The minimum atomic E-state index is -0.529. The van der Waals surface area contributed by atoms with E-state index in [2.05, 4.69) is 50.4 Å². The lowest BCUT2D eigenvalue weighted by Crippen LogP contribution is -2.22. The zero-order chi connectivity index (χ0) is 18.1. The van der Waals surface area contributed by atoms with E-state index in [0.29, 0.717) is 6.54 Å². The third kappa shape index (κ3) is 3.69. The maximum absolute atomic E-state index is 10.4. The number of aromatic nitrogens is 2. The maximum Gasteiger partial charge on any atom is 0.110 e. The zero-order valence-corrected chi connectivity index (χ0v) is 16.2. The lowest BCUT2D eigenvalue weighted by atomic mass is 10.1. The molecule has 0 radical (unpaired) electrons. The Hall–Kier alpha value is -1.73. The van der Waals surface area contributed by atoms with Crippen LogP contribution in [0.1, 0.15) is 29.5 Å². The second-order valence-corrected chi connectivity index (χ2v) is 8.29. The minimum absolute atomic E-state index is 0.529. The van der Waals surface area contributed by atoms with E-state index in [1.807, 2.05) is 30.3 Å². The first-order valence-corrected chi connectivity index (χ1v) is 10.0. The van der Waals surface area contributed by atoms with Crippen molar-refractivity contribution in [2.45, 2.75) is 32.2 Å². The van der Waals surface area contributed by atoms with Crippen LogP contribution in [0.4, 0.5) is 0 Å². The predicted molar refractivity (Wildman–Crippen MR) is 106 cm³/mol. The molecule has 138 valence electrons. The smallest absolute Gasteiger partial charge is 0.110 e. The van der Waals surface area contributed by atoms with Gasteiger partial charge in [0, 0.05) is 37.4 Å². The number of hydrogen-bond acceptors (Lipinski definition) is 5. The normalized spacial score (nSPS) is 16.8. The number of hydrogen-bond donors (Lipinski definition) is 1. The summed E-state index contributed by atoms with van der Waals surface area (Å²) in [5, 5.41) is 18.7. The fourth-order valence-electron chi connectivity index (χ4n) is 3.68. The summed E-state index contributed by atoms with van der Waals surface area (Å²) in [5.74, 6) is 0. The molecule has 0 amide bonds. The Morgan fingerprint density at radius 3 is 2.96 bits per heavy atom. The lowest BCUT2D eigenvalue weighted by molar-refractivity contribution is 0.133. The van der Waals surface area contributed by atoms with Crippen molar-refractivity contribution < 1.29 is 5.11 Å². The first kappa shape index (κ1) is 17.7. The Kier molecular flexibility index (Phi) is 5.09. The molecule has 1 N–H and O–H groups in total. The van der Waals surface area contributed by atoms with E-state index < -0.39 is 6.10 Å². The molecule has 5 nitrogen and oxygen atoms in total. The fraction of sp³-hybridized carbons (Fsp3) is 0.450. The van der Waals surface area contributed by atoms with Gasteiger partial charge >= 0.3 is 0 Å². The molecule has 0 bridgehead atoms. The van der Waals surface area contributed by atoms with E-state index >= 15 is 0 Å². The van der Waals surface area contributed by atoms with E-state index in [-0.39, 0.29) is 0 Å². The Morgan fingerprint density at radius 2 is 2.12 bits per heavy atom. The first-order chi connectivity index (χ1) is 12.6. The molecule has 0 fully saturated rings. The van der Waals surface area contributed by atoms with E-state index in [0.717, 1.165) is 38.3 Å². The van der Waals surface area contributed by atoms with Crippen LogP contribution in [-0.2, 0) is 19.6 Å². The van der Waals surface area contributed by atoms with Crippen LogP contribution >= 0.6 is 11.3 Å². The van der Waals surface area contributed by atoms with Crippen molar-refractivity contribution in [3.63, 3.8) is 0 Å². The summed E-state index contributed by atoms with van der Waals surface area (Å²) in [7, 11) is 3.94. The van der Waals surface area contributed by atoms with Crippen molar-refractivity contribution >= 4 is 21.4 Å². The number of likely N-dealkylation sites (N-methyl/N-ethyl adjacent to an activating group) is 1. The quantitative estimate of drug-likeness (QED) is 0.750. The highest BCUT2D eigenvalue weighted by Gasteiger charge is 2.20. The molecule has 0 saturated heterocycles. The number of aliphatic hydroxyl groups is 1. The summed E-state index contributed by atoms with van der Waals surface area (Å²) < 4.78 is 3.44. The summed E-state index contributed by atoms with van der Waals surface area (Å²) in [4.78, 5) is 4.49. The summed E-state index contributed by atoms with van der Waals surface area (Å²) >= 11 is 1.83. The van der Waals surface area contributed by atoms with Gasteiger partial charge < -0.3 is 10.0 Å². The van der Waals surface area contributed by atoms with Crippen LogP contribution in [0.2, 0.25) is 0 Å². The highest BCUT2D eigenvalue weighted by atomic mass is 32.1. The van der Waals surface area contributed by atoms with Gasteiger partial charge in [0.1, 0.15) is 6.10 Å². The molecule has 0 aliphatic carbocycles. The first-order valence-electron chi connectivity index (χ1n) is 9.17. The number of nitrogens with zero attached hydrogens (tertiary/aromatic N) is 4. The van der Waals surface area contributed by atoms with Gasteiger partial charge in [-0.2, -0.15) is 5.10 Å². The van der Waals surface area contributed by atoms with Crippen molar-refractivity contribution in [1.29, 1.82) is 0 Å². The molecule has 1 atom stereocenters. The summed E-state index contributed by atoms with van der Waals surface area (Å²) in [6, 6.07) is 10.7. The van der Waals surface area contributed by atoms with Crippen molar-refractivity contribution in [3.8, 4) is 0 Å². The molecule has 1 aromatic carbocycles. The third-order valence-electron chi connectivity index (χ3n) is 4.95. The lowest BCUT2D eigenvalue weighted by Gasteiger charge is -2.19. The monoisotopic (exact) mass is 370 g/mol. The summed E-state index contributed by atoms with van der Waals surface area (Å²) in [6.45, 7) is 4.44. The van der Waals surface area contributed by atoms with Crippen LogP contribution in [0, 0.1) is 0 Å². The summed E-state index contributed by atoms with van der Waals surface area (Å²) in [6.07, 6.45) is 0.554. The molecular formula is C20H26N4OS. The molecule has 26 heavy (non-hydrogen) atoms. The van der Waals surface area contributed by atoms with E-state index in [1.165, 1.54) is 21.3 Å². The van der Waals surface area contributed by atoms with Crippen LogP contribution in [0.15, 0.2) is 35.7 Å². The van der Waals surface area contributed by atoms with Gasteiger partial charge in [-0.15, -0.1) is 11.3 Å². The van der Waals surface area contributed by atoms with Gasteiger partial charge in [-0.1, -0.05) is 18.2 Å². The number of rotatable bonds is 5. The molecule has 6 heteroatoms. The number of fused-ring (bicyclic) bond motifs is 2. The molecule has 4 rings (SSSR count). The Balaban J connectivity index is 1.51. The summed E-state index contributed by atoms with van der Waals surface area (Å²) in [5.41, 5.74) is 3.40. The van der Waals surface area contributed by atoms with Crippen LogP contribution in [-0.4, -0.2) is 51.9 Å². The largest absolute Gasteiger partial charge is 0.385 e. The van der Waals surface area contributed by atoms with Crippen molar-refractivity contribution in [2.24, 2.45) is 0 Å². The molecule has 2 aromatic heterocycles. The van der Waals surface area contributed by atoms with Crippen LogP contribution in [0.5, 0.6) is 0 Å². The van der Waals surface area contributed by atoms with Crippen molar-refractivity contribution in [2.75, 3.05) is 27.2 Å². The third-order valence-corrected chi connectivity index (χ3v) is 5.96. The fourth-order valence-corrected chi connectivity index (χ4v) is 4.64. The number of benzene rings is 1. The van der Waals surface area contributed by atoms with Crippen molar-refractivity contribution in [1.82, 2.24) is 19.6 Å². The standard InChI is InChI=1S/C20H26N4OS/c1-22(2)13-19(25)18-10-16-12-23(8-5-9-24(16)21-18)11-15-14-26-20-7-4-3-6-17(15)20/h3-4,6-7,10,14,19,25H,5,8-9,11-13H2,1-2H3. The molecule has 1 aliphatic rings. The second-order valence-electron chi connectivity index (χ2n) is 7.38. The van der Waals surface area contributed by atoms with Gasteiger partial charge in [-0.25, -0.2) is 0 Å². The predicted octanol–water partition coefficient (Wildman–Crippen LogP) is 3.10. The number of aliphatic hydroxyl groups excluding tert-OH is 1. The molecule has 0 saturated carbocycles. The second kappa shape index (κ2) is 7.48. The van der Waals surface area contributed by atoms with Crippen LogP contribution in [0.25, 0.3) is 10.1 Å². The Bertz CT molecular complexity index is 885. The van der Waals surface area contributed by atoms with Crippen LogP contribution in [0.3, 0.4) is 0 Å². The van der Waals surface area contributed by atoms with E-state index in [1.54, 1.807) is 0 Å². The van der Waals surface area contributed by atoms with Gasteiger partial charge in [-0.3, -0.25) is 9.58 Å². The van der Waals surface area contributed by atoms with Gasteiger partial charge in [0.25, 0.3) is 0 Å². The van der Waals surface area contributed by atoms with Gasteiger partial charge in [-0.05, 0) is 49.0 Å². The Morgan fingerprint density at radius 1 is 1.27 bits per heavy atom. The topological polar surface area (TPSA) is 44.5 Å². The number of thiophene rings is 1. The van der Waals surface area contributed by atoms with Crippen LogP contribution < -0.4 is 0 Å². The van der Waals surface area contributed by atoms with E-state index in [4.69, 9.17) is 0 Å².